The third kappa shape index (κ3) is 3.99. The van der Waals surface area contributed by atoms with E-state index in [9.17, 15) is 0 Å². The van der Waals surface area contributed by atoms with Crippen molar-refractivity contribution in [3.63, 3.8) is 0 Å². The number of unbranched alkanes of at least 4 members (excludes halogenated alkanes) is 1. The van der Waals surface area contributed by atoms with Crippen LogP contribution < -0.4 is 10.2 Å². The number of nitrogens with one attached hydrogen (secondary N) is 1. The van der Waals surface area contributed by atoms with Crippen LogP contribution in [0, 0.1) is 0 Å². The van der Waals surface area contributed by atoms with Gasteiger partial charge in [-0.25, -0.2) is 0 Å². The van der Waals surface area contributed by atoms with Crippen molar-refractivity contribution in [3.8, 4) is 0 Å². The van der Waals surface area contributed by atoms with E-state index in [1.807, 2.05) is 0 Å². The molecule has 1 N–H and O–H groups in total. The van der Waals surface area contributed by atoms with Crippen molar-refractivity contribution < 1.29 is 0 Å². The highest BCUT2D eigenvalue weighted by molar-refractivity contribution is 5.48. The second-order valence-electron chi connectivity index (χ2n) is 6.39. The fraction of sp³-hybridized carbons (Fsp3) is 0.667. The number of rotatable bonds is 5. The molecule has 0 amide bonds. The Balaban J connectivity index is 2.05. The third-order valence-electron chi connectivity index (χ3n) is 4.60. The fourth-order valence-electron chi connectivity index (χ4n) is 2.93. The Morgan fingerprint density at radius 3 is 2.60 bits per heavy atom. The molecule has 1 heterocycles. The monoisotopic (exact) mass is 274 g/mol. The molecule has 1 saturated heterocycles. The molecule has 1 atom stereocenters. The van der Waals surface area contributed by atoms with Crippen molar-refractivity contribution in [1.29, 1.82) is 0 Å². The van der Waals surface area contributed by atoms with Crippen molar-refractivity contribution in [3.05, 3.63) is 29.8 Å². The molecule has 2 heteroatoms. The summed E-state index contributed by atoms with van der Waals surface area (Å²) in [4.78, 5) is 2.55. The lowest BCUT2D eigenvalue weighted by atomic mass is 9.98. The molecule has 1 unspecified atom stereocenters. The van der Waals surface area contributed by atoms with E-state index in [0.29, 0.717) is 0 Å². The standard InChI is InChI=1S/C18H30N2/c1-4-6-8-16-9-11-17(12-10-16)20-14-7-13-19-18(3,5-2)15-20/h9-12,19H,4-8,13-15H2,1-3H3. The zero-order chi connectivity index (χ0) is 14.4. The summed E-state index contributed by atoms with van der Waals surface area (Å²) in [5, 5.41) is 3.71. The minimum Gasteiger partial charge on any atom is -0.370 e. The first-order valence-electron chi connectivity index (χ1n) is 8.26. The van der Waals surface area contributed by atoms with Gasteiger partial charge in [0.05, 0.1) is 0 Å². The number of benzene rings is 1. The third-order valence-corrected chi connectivity index (χ3v) is 4.60. The van der Waals surface area contributed by atoms with Crippen LogP contribution in [0.4, 0.5) is 5.69 Å². The quantitative estimate of drug-likeness (QED) is 0.873. The van der Waals surface area contributed by atoms with E-state index < -0.39 is 0 Å². The van der Waals surface area contributed by atoms with Crippen LogP contribution in [-0.4, -0.2) is 25.2 Å². The van der Waals surface area contributed by atoms with Crippen molar-refractivity contribution in [2.24, 2.45) is 0 Å². The van der Waals surface area contributed by atoms with Gasteiger partial charge in [0, 0.05) is 24.3 Å². The molecule has 2 nitrogen and oxygen atoms in total. The molecule has 1 aromatic rings. The molecule has 1 aliphatic rings. The topological polar surface area (TPSA) is 15.3 Å². The molecule has 0 radical (unpaired) electrons. The molecule has 0 spiro atoms. The number of hydrogen-bond acceptors (Lipinski definition) is 2. The summed E-state index contributed by atoms with van der Waals surface area (Å²) in [6.45, 7) is 10.3. The molecule has 1 aromatic carbocycles. The maximum atomic E-state index is 3.71. The van der Waals surface area contributed by atoms with Crippen molar-refractivity contribution in [2.75, 3.05) is 24.5 Å². The number of nitrogens with zero attached hydrogens (tertiary/aromatic N) is 1. The Labute approximate surface area is 124 Å². The second kappa shape index (κ2) is 7.12. The van der Waals surface area contributed by atoms with E-state index in [1.54, 1.807) is 0 Å². The maximum Gasteiger partial charge on any atom is 0.0367 e. The Morgan fingerprint density at radius 2 is 1.95 bits per heavy atom. The van der Waals surface area contributed by atoms with Crippen LogP contribution >= 0.6 is 0 Å². The minimum absolute atomic E-state index is 0.247. The molecule has 1 fully saturated rings. The SMILES string of the molecule is CCCCc1ccc(N2CCCNC(C)(CC)C2)cc1. The molecule has 0 bridgehead atoms. The van der Waals surface area contributed by atoms with E-state index in [4.69, 9.17) is 0 Å². The van der Waals surface area contributed by atoms with Crippen LogP contribution in [0.1, 0.15) is 52.0 Å². The summed E-state index contributed by atoms with van der Waals surface area (Å²) in [5.41, 5.74) is 3.10. The maximum absolute atomic E-state index is 3.71. The lowest BCUT2D eigenvalue weighted by Gasteiger charge is -2.34. The summed E-state index contributed by atoms with van der Waals surface area (Å²) in [5.74, 6) is 0. The summed E-state index contributed by atoms with van der Waals surface area (Å²) in [7, 11) is 0. The number of anilines is 1. The van der Waals surface area contributed by atoms with Crippen LogP contribution in [0.15, 0.2) is 24.3 Å². The predicted octanol–water partition coefficient (Wildman–Crippen LogP) is 4.00. The first-order valence-corrected chi connectivity index (χ1v) is 8.26. The summed E-state index contributed by atoms with van der Waals surface area (Å²) in [6.07, 6.45) is 6.19. The average Bonchev–Trinajstić information content (AvgIpc) is 2.68. The molecule has 0 aliphatic carbocycles. The van der Waals surface area contributed by atoms with Gasteiger partial charge < -0.3 is 10.2 Å². The molecule has 2 rings (SSSR count). The molecular weight excluding hydrogens is 244 g/mol. The molecule has 0 saturated carbocycles. The van der Waals surface area contributed by atoms with Crippen LogP contribution in [0.5, 0.6) is 0 Å². The first-order chi connectivity index (χ1) is 9.67. The number of hydrogen-bond donors (Lipinski definition) is 1. The fourth-order valence-corrected chi connectivity index (χ4v) is 2.93. The van der Waals surface area contributed by atoms with E-state index >= 15 is 0 Å². The minimum atomic E-state index is 0.247. The lowest BCUT2D eigenvalue weighted by molar-refractivity contribution is 0.366. The zero-order valence-electron chi connectivity index (χ0n) is 13.4. The van der Waals surface area contributed by atoms with E-state index in [-0.39, 0.29) is 5.54 Å². The lowest BCUT2D eigenvalue weighted by Crippen LogP contribution is -2.48. The highest BCUT2D eigenvalue weighted by Gasteiger charge is 2.27. The Morgan fingerprint density at radius 1 is 1.20 bits per heavy atom. The smallest absolute Gasteiger partial charge is 0.0367 e. The number of aryl methyl sites for hydroxylation is 1. The Bertz CT molecular complexity index is 398. The van der Waals surface area contributed by atoms with Crippen molar-refractivity contribution in [1.82, 2.24) is 5.32 Å². The van der Waals surface area contributed by atoms with E-state index in [0.717, 1.165) is 19.6 Å². The largest absolute Gasteiger partial charge is 0.370 e. The van der Waals surface area contributed by atoms with Gasteiger partial charge in [0.1, 0.15) is 0 Å². The molecule has 1 aliphatic heterocycles. The average molecular weight is 274 g/mol. The molecule has 112 valence electrons. The Kier molecular flexibility index (Phi) is 5.47. The zero-order valence-corrected chi connectivity index (χ0v) is 13.4. The van der Waals surface area contributed by atoms with Gasteiger partial charge in [-0.15, -0.1) is 0 Å². The van der Waals surface area contributed by atoms with Gasteiger partial charge in [0.15, 0.2) is 0 Å². The Hall–Kier alpha value is -1.02. The van der Waals surface area contributed by atoms with Crippen LogP contribution in [0.25, 0.3) is 0 Å². The molecular formula is C18H30N2. The summed E-state index contributed by atoms with van der Waals surface area (Å²) < 4.78 is 0. The van der Waals surface area contributed by atoms with Crippen molar-refractivity contribution >= 4 is 5.69 Å². The van der Waals surface area contributed by atoms with E-state index in [2.05, 4.69) is 55.3 Å². The van der Waals surface area contributed by atoms with E-state index in [1.165, 1.54) is 43.4 Å². The molecule has 0 aromatic heterocycles. The van der Waals surface area contributed by atoms with Gasteiger partial charge in [-0.3, -0.25) is 0 Å². The van der Waals surface area contributed by atoms with Crippen LogP contribution in [0.2, 0.25) is 0 Å². The van der Waals surface area contributed by atoms with Gasteiger partial charge >= 0.3 is 0 Å². The van der Waals surface area contributed by atoms with Gasteiger partial charge in [-0.05, 0) is 56.8 Å². The normalized spacial score (nSPS) is 23.6. The summed E-state index contributed by atoms with van der Waals surface area (Å²) >= 11 is 0. The highest BCUT2D eigenvalue weighted by Crippen LogP contribution is 2.22. The second-order valence-corrected chi connectivity index (χ2v) is 6.39. The highest BCUT2D eigenvalue weighted by atomic mass is 15.2. The van der Waals surface area contributed by atoms with Crippen molar-refractivity contribution in [2.45, 2.75) is 58.4 Å². The first kappa shape index (κ1) is 15.4. The summed E-state index contributed by atoms with van der Waals surface area (Å²) in [6, 6.07) is 9.25. The molecule has 20 heavy (non-hydrogen) atoms. The van der Waals surface area contributed by atoms with Crippen LogP contribution in [-0.2, 0) is 6.42 Å². The van der Waals surface area contributed by atoms with Gasteiger partial charge in [0.25, 0.3) is 0 Å². The van der Waals surface area contributed by atoms with Crippen LogP contribution in [0.3, 0.4) is 0 Å². The van der Waals surface area contributed by atoms with Gasteiger partial charge in [0.2, 0.25) is 0 Å². The van der Waals surface area contributed by atoms with Gasteiger partial charge in [-0.1, -0.05) is 32.4 Å². The van der Waals surface area contributed by atoms with Gasteiger partial charge in [-0.2, -0.15) is 0 Å². The predicted molar refractivity (Wildman–Crippen MR) is 88.6 cm³/mol.